The predicted octanol–water partition coefficient (Wildman–Crippen LogP) is 1.94. The lowest BCUT2D eigenvalue weighted by atomic mass is 10.1. The van der Waals surface area contributed by atoms with Crippen molar-refractivity contribution in [1.82, 2.24) is 0 Å². The van der Waals surface area contributed by atoms with Crippen LogP contribution in [0.2, 0.25) is 0 Å². The molecule has 0 spiro atoms. The first-order valence-electron chi connectivity index (χ1n) is 8.07. The lowest BCUT2D eigenvalue weighted by Gasteiger charge is -2.28. The van der Waals surface area contributed by atoms with Gasteiger partial charge in [-0.2, -0.15) is 0 Å². The average molecular weight is 368 g/mol. The fourth-order valence-electron chi connectivity index (χ4n) is 3.31. The van der Waals surface area contributed by atoms with E-state index in [1.165, 1.54) is 0 Å². The average Bonchev–Trinajstić information content (AvgIpc) is 2.97. The van der Waals surface area contributed by atoms with E-state index in [-0.39, 0.29) is 23.6 Å². The van der Waals surface area contributed by atoms with Crippen LogP contribution in [0.5, 0.6) is 11.5 Å². The van der Waals surface area contributed by atoms with Crippen molar-refractivity contribution in [3.8, 4) is 11.5 Å². The Kier molecular flexibility index (Phi) is 3.91. The van der Waals surface area contributed by atoms with Crippen molar-refractivity contribution in [2.24, 2.45) is 4.99 Å². The quantitative estimate of drug-likeness (QED) is 0.795. The normalized spacial score (nSPS) is 27.3. The van der Waals surface area contributed by atoms with Crippen molar-refractivity contribution < 1.29 is 17.9 Å². The summed E-state index contributed by atoms with van der Waals surface area (Å²) < 4.78 is 35.3. The van der Waals surface area contributed by atoms with Gasteiger partial charge in [0.1, 0.15) is 13.2 Å². The molecule has 3 aliphatic rings. The molecule has 0 aliphatic carbocycles. The van der Waals surface area contributed by atoms with Gasteiger partial charge in [0.05, 0.1) is 23.6 Å². The van der Waals surface area contributed by atoms with Crippen molar-refractivity contribution in [2.45, 2.75) is 31.2 Å². The van der Waals surface area contributed by atoms with Crippen LogP contribution < -0.4 is 14.4 Å². The summed E-state index contributed by atoms with van der Waals surface area (Å²) in [4.78, 5) is 6.78. The largest absolute Gasteiger partial charge is 0.486 e. The summed E-state index contributed by atoms with van der Waals surface area (Å²) in [6.45, 7) is 5.30. The predicted molar refractivity (Wildman–Crippen MR) is 96.3 cm³/mol. The number of anilines is 1. The molecular weight excluding hydrogens is 348 g/mol. The number of thioether (sulfide) groups is 1. The molecule has 0 saturated carbocycles. The standard InChI is InChI=1S/C16H20N2O4S2/c1-10(2)23-16-17-12-8-24(19,20)9-13(12)18(16)11-3-4-14-15(7-11)22-6-5-21-14/h3-4,7,10,12-13H,5-6,8-9H2,1-2H3. The molecule has 130 valence electrons. The molecule has 3 aliphatic heterocycles. The molecule has 3 heterocycles. The minimum atomic E-state index is -3.03. The summed E-state index contributed by atoms with van der Waals surface area (Å²) in [6, 6.07) is 5.47. The minimum absolute atomic E-state index is 0.126. The molecule has 2 atom stereocenters. The molecule has 0 aromatic heterocycles. The van der Waals surface area contributed by atoms with Crippen LogP contribution in [0.4, 0.5) is 5.69 Å². The molecule has 0 radical (unpaired) electrons. The molecule has 4 rings (SSSR count). The third kappa shape index (κ3) is 2.86. The Hall–Kier alpha value is -1.41. The van der Waals surface area contributed by atoms with Crippen LogP contribution >= 0.6 is 11.8 Å². The van der Waals surface area contributed by atoms with Gasteiger partial charge >= 0.3 is 0 Å². The summed E-state index contributed by atoms with van der Waals surface area (Å²) in [7, 11) is -3.03. The number of benzene rings is 1. The van der Waals surface area contributed by atoms with Crippen LogP contribution in [-0.4, -0.2) is 55.6 Å². The fourth-order valence-corrected chi connectivity index (χ4v) is 6.13. The second kappa shape index (κ2) is 5.84. The monoisotopic (exact) mass is 368 g/mol. The van der Waals surface area contributed by atoms with Gasteiger partial charge in [-0.25, -0.2) is 8.42 Å². The number of sulfone groups is 1. The molecule has 24 heavy (non-hydrogen) atoms. The number of hydrogen-bond donors (Lipinski definition) is 0. The second-order valence-electron chi connectivity index (χ2n) is 6.49. The first-order chi connectivity index (χ1) is 11.4. The Morgan fingerprint density at radius 1 is 1.21 bits per heavy atom. The van der Waals surface area contributed by atoms with Crippen molar-refractivity contribution in [3.63, 3.8) is 0 Å². The Morgan fingerprint density at radius 2 is 1.96 bits per heavy atom. The number of nitrogens with zero attached hydrogens (tertiary/aromatic N) is 2. The molecule has 0 bridgehead atoms. The summed E-state index contributed by atoms with van der Waals surface area (Å²) in [5.41, 5.74) is 0.913. The zero-order valence-corrected chi connectivity index (χ0v) is 15.3. The van der Waals surface area contributed by atoms with Gasteiger partial charge < -0.3 is 14.4 Å². The number of amidine groups is 1. The third-order valence-electron chi connectivity index (χ3n) is 4.25. The molecule has 2 unspecified atom stereocenters. The summed E-state index contributed by atoms with van der Waals surface area (Å²) in [5, 5.41) is 1.27. The molecule has 1 fully saturated rings. The van der Waals surface area contributed by atoms with E-state index in [1.807, 2.05) is 18.2 Å². The van der Waals surface area contributed by atoms with E-state index in [0.717, 1.165) is 16.6 Å². The highest BCUT2D eigenvalue weighted by Gasteiger charge is 2.47. The highest BCUT2D eigenvalue weighted by Crippen LogP contribution is 2.40. The fraction of sp³-hybridized carbons (Fsp3) is 0.562. The SMILES string of the molecule is CC(C)SC1=NC2CS(=O)(=O)CC2N1c1ccc2c(c1)OCCO2. The lowest BCUT2D eigenvalue weighted by molar-refractivity contribution is 0.171. The maximum Gasteiger partial charge on any atom is 0.164 e. The van der Waals surface area contributed by atoms with Crippen LogP contribution in [0.25, 0.3) is 0 Å². The molecule has 1 aromatic carbocycles. The highest BCUT2D eigenvalue weighted by atomic mass is 32.2. The zero-order valence-electron chi connectivity index (χ0n) is 13.6. The van der Waals surface area contributed by atoms with Crippen molar-refractivity contribution >= 4 is 32.5 Å². The van der Waals surface area contributed by atoms with Gasteiger partial charge in [0.25, 0.3) is 0 Å². The molecule has 0 N–H and O–H groups in total. The van der Waals surface area contributed by atoms with E-state index in [4.69, 9.17) is 14.5 Å². The first kappa shape index (κ1) is 16.1. The first-order valence-corrected chi connectivity index (χ1v) is 10.8. The maximum atomic E-state index is 12.0. The second-order valence-corrected chi connectivity index (χ2v) is 10.2. The van der Waals surface area contributed by atoms with Gasteiger partial charge in [-0.1, -0.05) is 25.6 Å². The number of hydrogen-bond acceptors (Lipinski definition) is 7. The van der Waals surface area contributed by atoms with Crippen LogP contribution in [0, 0.1) is 0 Å². The summed E-state index contributed by atoms with van der Waals surface area (Å²) in [6.07, 6.45) is 0. The number of ether oxygens (including phenoxy) is 2. The number of aliphatic imine (C=N–C) groups is 1. The summed E-state index contributed by atoms with van der Waals surface area (Å²) >= 11 is 1.67. The van der Waals surface area contributed by atoms with Gasteiger partial charge in [-0.3, -0.25) is 4.99 Å². The Labute approximate surface area is 146 Å². The molecule has 1 aromatic rings. The van der Waals surface area contributed by atoms with Gasteiger partial charge in [0, 0.05) is 17.0 Å². The highest BCUT2D eigenvalue weighted by molar-refractivity contribution is 8.14. The molecular formula is C16H20N2O4S2. The number of fused-ring (bicyclic) bond motifs is 2. The zero-order chi connectivity index (χ0) is 16.9. The molecule has 0 amide bonds. The van der Waals surface area contributed by atoms with E-state index in [1.54, 1.807) is 11.8 Å². The van der Waals surface area contributed by atoms with Crippen molar-refractivity contribution in [1.29, 1.82) is 0 Å². The van der Waals surface area contributed by atoms with Crippen molar-refractivity contribution in [2.75, 3.05) is 29.6 Å². The Bertz CT molecular complexity index is 791. The minimum Gasteiger partial charge on any atom is -0.486 e. The third-order valence-corrected chi connectivity index (χ3v) is 6.94. The van der Waals surface area contributed by atoms with Gasteiger partial charge in [0.2, 0.25) is 0 Å². The van der Waals surface area contributed by atoms with E-state index in [9.17, 15) is 8.42 Å². The van der Waals surface area contributed by atoms with E-state index in [2.05, 4.69) is 18.7 Å². The van der Waals surface area contributed by atoms with Crippen LogP contribution in [0.3, 0.4) is 0 Å². The van der Waals surface area contributed by atoms with E-state index in [0.29, 0.717) is 24.2 Å². The van der Waals surface area contributed by atoms with E-state index >= 15 is 0 Å². The summed E-state index contributed by atoms with van der Waals surface area (Å²) in [5.74, 6) is 1.73. The van der Waals surface area contributed by atoms with Crippen LogP contribution in [0.15, 0.2) is 23.2 Å². The lowest BCUT2D eigenvalue weighted by Crippen LogP contribution is -2.39. The molecule has 1 saturated heterocycles. The van der Waals surface area contributed by atoms with Crippen LogP contribution in [0.1, 0.15) is 13.8 Å². The topological polar surface area (TPSA) is 68.2 Å². The Morgan fingerprint density at radius 3 is 2.71 bits per heavy atom. The van der Waals surface area contributed by atoms with Gasteiger partial charge in [0.15, 0.2) is 26.5 Å². The molecule has 8 heteroatoms. The van der Waals surface area contributed by atoms with Crippen molar-refractivity contribution in [3.05, 3.63) is 18.2 Å². The maximum absolute atomic E-state index is 12.0. The van der Waals surface area contributed by atoms with Crippen LogP contribution in [-0.2, 0) is 9.84 Å². The van der Waals surface area contributed by atoms with E-state index < -0.39 is 9.84 Å². The molecule has 6 nitrogen and oxygen atoms in total. The van der Waals surface area contributed by atoms with Gasteiger partial charge in [-0.05, 0) is 12.1 Å². The van der Waals surface area contributed by atoms with Gasteiger partial charge in [-0.15, -0.1) is 0 Å². The smallest absolute Gasteiger partial charge is 0.164 e. The number of rotatable bonds is 2. The Balaban J connectivity index is 1.72.